The number of nitrogens with one attached hydrogen (secondary N) is 1. The molecule has 1 amide bonds. The fourth-order valence-electron chi connectivity index (χ4n) is 1.81. The van der Waals surface area contributed by atoms with Gasteiger partial charge >= 0.3 is 0 Å². The van der Waals surface area contributed by atoms with Crippen molar-refractivity contribution in [2.24, 2.45) is 5.73 Å². The molecule has 1 heterocycles. The molecule has 0 aliphatic rings. The number of hydrogen-bond acceptors (Lipinski definition) is 7. The highest BCUT2D eigenvalue weighted by molar-refractivity contribution is 7.09. The van der Waals surface area contributed by atoms with Gasteiger partial charge < -0.3 is 25.3 Å². The highest BCUT2D eigenvalue weighted by Gasteiger charge is 2.12. The van der Waals surface area contributed by atoms with Crippen molar-refractivity contribution in [3.05, 3.63) is 34.3 Å². The van der Waals surface area contributed by atoms with Gasteiger partial charge in [0.15, 0.2) is 11.5 Å². The molecule has 24 heavy (non-hydrogen) atoms. The number of thiazole rings is 1. The topological polar surface area (TPSA) is 95.7 Å². The fraction of sp³-hybridized carbons (Fsp3) is 0.333. The van der Waals surface area contributed by atoms with Crippen molar-refractivity contribution in [1.29, 1.82) is 0 Å². The molecule has 7 nitrogen and oxygen atoms in total. The SMILES string of the molecule is COCCOc1cc(NC(=O)c2csc(CN)n2)ccc1OC.Cl. The standard InChI is InChI=1S/C15H19N3O4S.ClH/c1-20-5-6-22-13-7-10(3-4-12(13)21-2)17-15(19)11-9-23-14(8-16)18-11;/h3-4,7,9H,5-6,8,16H2,1-2H3,(H,17,19);1H. The van der Waals surface area contributed by atoms with Crippen LogP contribution in [0, 0.1) is 0 Å². The van der Waals surface area contributed by atoms with E-state index < -0.39 is 0 Å². The summed E-state index contributed by atoms with van der Waals surface area (Å²) in [5.74, 6) is 0.815. The van der Waals surface area contributed by atoms with Gasteiger partial charge in [-0.3, -0.25) is 4.79 Å². The molecule has 9 heteroatoms. The summed E-state index contributed by atoms with van der Waals surface area (Å²) in [6.45, 7) is 1.16. The zero-order valence-electron chi connectivity index (χ0n) is 13.4. The average molecular weight is 374 g/mol. The van der Waals surface area contributed by atoms with Crippen LogP contribution in [0.2, 0.25) is 0 Å². The van der Waals surface area contributed by atoms with Crippen molar-refractivity contribution in [2.75, 3.05) is 32.8 Å². The molecule has 0 fully saturated rings. The van der Waals surface area contributed by atoms with Crippen LogP contribution in [0.3, 0.4) is 0 Å². The Labute approximate surface area is 150 Å². The number of nitrogens with zero attached hydrogens (tertiary/aromatic N) is 1. The lowest BCUT2D eigenvalue weighted by Gasteiger charge is -2.12. The van der Waals surface area contributed by atoms with Crippen LogP contribution < -0.4 is 20.5 Å². The summed E-state index contributed by atoms with van der Waals surface area (Å²) in [5, 5.41) is 5.17. The summed E-state index contributed by atoms with van der Waals surface area (Å²) >= 11 is 1.36. The molecule has 1 aromatic heterocycles. The fourth-order valence-corrected chi connectivity index (χ4v) is 2.46. The largest absolute Gasteiger partial charge is 0.493 e. The molecule has 3 N–H and O–H groups in total. The summed E-state index contributed by atoms with van der Waals surface area (Å²) < 4.78 is 15.8. The molecule has 0 aliphatic carbocycles. The van der Waals surface area contributed by atoms with Gasteiger partial charge in [-0.2, -0.15) is 0 Å². The molecule has 2 aromatic rings. The van der Waals surface area contributed by atoms with Gasteiger partial charge in [0.05, 0.1) is 13.7 Å². The molecular weight excluding hydrogens is 354 g/mol. The van der Waals surface area contributed by atoms with Crippen molar-refractivity contribution in [2.45, 2.75) is 6.54 Å². The van der Waals surface area contributed by atoms with E-state index in [1.165, 1.54) is 11.3 Å². The Balaban J connectivity index is 0.00000288. The monoisotopic (exact) mass is 373 g/mol. The highest BCUT2D eigenvalue weighted by Crippen LogP contribution is 2.30. The second-order valence-electron chi connectivity index (χ2n) is 4.49. The van der Waals surface area contributed by atoms with E-state index in [2.05, 4.69) is 10.3 Å². The van der Waals surface area contributed by atoms with Gasteiger partial charge in [0.2, 0.25) is 0 Å². The predicted molar refractivity (Wildman–Crippen MR) is 95.6 cm³/mol. The van der Waals surface area contributed by atoms with Crippen LogP contribution in [0.15, 0.2) is 23.6 Å². The van der Waals surface area contributed by atoms with Gasteiger partial charge in [0.1, 0.15) is 17.3 Å². The van der Waals surface area contributed by atoms with Gasteiger partial charge in [-0.05, 0) is 12.1 Å². The van der Waals surface area contributed by atoms with E-state index in [9.17, 15) is 4.79 Å². The molecule has 1 aromatic carbocycles. The van der Waals surface area contributed by atoms with Crippen molar-refractivity contribution in [3.8, 4) is 11.5 Å². The minimum atomic E-state index is -0.297. The summed E-state index contributed by atoms with van der Waals surface area (Å²) in [7, 11) is 3.15. The van der Waals surface area contributed by atoms with E-state index in [1.807, 2.05) is 0 Å². The minimum absolute atomic E-state index is 0. The number of hydrogen-bond donors (Lipinski definition) is 2. The molecule has 0 saturated heterocycles. The molecule has 0 bridgehead atoms. The van der Waals surface area contributed by atoms with Gasteiger partial charge in [0, 0.05) is 30.8 Å². The van der Waals surface area contributed by atoms with Gasteiger partial charge in [-0.15, -0.1) is 23.7 Å². The zero-order chi connectivity index (χ0) is 16.7. The number of nitrogens with two attached hydrogens (primary N) is 1. The maximum absolute atomic E-state index is 12.2. The van der Waals surface area contributed by atoms with Crippen LogP contribution in [0.25, 0.3) is 0 Å². The first-order valence-electron chi connectivity index (χ1n) is 6.93. The number of ether oxygens (including phenoxy) is 3. The summed E-state index contributed by atoms with van der Waals surface area (Å²) in [4.78, 5) is 16.3. The van der Waals surface area contributed by atoms with E-state index in [1.54, 1.807) is 37.8 Å². The Morgan fingerprint density at radius 3 is 2.71 bits per heavy atom. The summed E-state index contributed by atoms with van der Waals surface area (Å²) in [6, 6.07) is 5.16. The molecule has 132 valence electrons. The lowest BCUT2D eigenvalue weighted by atomic mass is 10.2. The van der Waals surface area contributed by atoms with Crippen LogP contribution in [-0.4, -0.2) is 38.3 Å². The normalized spacial score (nSPS) is 9.96. The van der Waals surface area contributed by atoms with E-state index >= 15 is 0 Å². The van der Waals surface area contributed by atoms with Crippen molar-refractivity contribution >= 4 is 35.3 Å². The lowest BCUT2D eigenvalue weighted by Crippen LogP contribution is -2.13. The summed E-state index contributed by atoms with van der Waals surface area (Å²) in [6.07, 6.45) is 0. The third-order valence-electron chi connectivity index (χ3n) is 2.93. The number of carbonyl (C=O) groups excluding carboxylic acids is 1. The molecule has 2 rings (SSSR count). The molecule has 0 unspecified atom stereocenters. The number of rotatable bonds is 8. The number of aromatic nitrogens is 1. The number of anilines is 1. The van der Waals surface area contributed by atoms with Gasteiger partial charge in [-0.25, -0.2) is 4.98 Å². The number of carbonyl (C=O) groups is 1. The van der Waals surface area contributed by atoms with E-state index in [4.69, 9.17) is 19.9 Å². The van der Waals surface area contributed by atoms with Crippen molar-refractivity contribution < 1.29 is 19.0 Å². The van der Waals surface area contributed by atoms with E-state index in [0.29, 0.717) is 47.6 Å². The minimum Gasteiger partial charge on any atom is -0.493 e. The maximum Gasteiger partial charge on any atom is 0.275 e. The number of benzene rings is 1. The van der Waals surface area contributed by atoms with Crippen LogP contribution >= 0.6 is 23.7 Å². The Morgan fingerprint density at radius 2 is 2.08 bits per heavy atom. The van der Waals surface area contributed by atoms with Crippen molar-refractivity contribution in [3.63, 3.8) is 0 Å². The number of methoxy groups -OCH3 is 2. The first-order valence-corrected chi connectivity index (χ1v) is 7.81. The molecule has 0 aliphatic heterocycles. The zero-order valence-corrected chi connectivity index (χ0v) is 15.0. The third-order valence-corrected chi connectivity index (χ3v) is 3.80. The Hall–Kier alpha value is -1.87. The first-order chi connectivity index (χ1) is 11.2. The van der Waals surface area contributed by atoms with E-state index in [0.717, 1.165) is 0 Å². The maximum atomic E-state index is 12.2. The Kier molecular flexibility index (Phi) is 8.48. The van der Waals surface area contributed by atoms with Crippen molar-refractivity contribution in [1.82, 2.24) is 4.98 Å². The molecule has 0 radical (unpaired) electrons. The van der Waals surface area contributed by atoms with Crippen LogP contribution in [0.4, 0.5) is 5.69 Å². The predicted octanol–water partition coefficient (Wildman–Crippen LogP) is 2.31. The highest BCUT2D eigenvalue weighted by atomic mass is 35.5. The molecule has 0 spiro atoms. The van der Waals surface area contributed by atoms with Crippen LogP contribution in [0.5, 0.6) is 11.5 Å². The quantitative estimate of drug-likeness (QED) is 0.689. The Bertz CT molecular complexity index is 666. The second-order valence-corrected chi connectivity index (χ2v) is 5.43. The lowest BCUT2D eigenvalue weighted by molar-refractivity contribution is 0.102. The van der Waals surface area contributed by atoms with E-state index in [-0.39, 0.29) is 18.3 Å². The molecule has 0 atom stereocenters. The van der Waals surface area contributed by atoms with Gasteiger partial charge in [0.25, 0.3) is 5.91 Å². The van der Waals surface area contributed by atoms with Gasteiger partial charge in [-0.1, -0.05) is 0 Å². The molecular formula is C15H20ClN3O4S. The number of halogens is 1. The van der Waals surface area contributed by atoms with Crippen LogP contribution in [-0.2, 0) is 11.3 Å². The molecule has 0 saturated carbocycles. The Morgan fingerprint density at radius 1 is 1.29 bits per heavy atom. The first kappa shape index (κ1) is 20.2. The average Bonchev–Trinajstić information content (AvgIpc) is 3.04. The van der Waals surface area contributed by atoms with Crippen LogP contribution in [0.1, 0.15) is 15.5 Å². The second kappa shape index (κ2) is 10.1. The third kappa shape index (κ3) is 5.34. The number of amides is 1. The smallest absolute Gasteiger partial charge is 0.275 e. The summed E-state index contributed by atoms with van der Waals surface area (Å²) in [5.41, 5.74) is 6.43.